The monoisotopic (exact) mass is 272 g/mol. The zero-order valence-electron chi connectivity index (χ0n) is 12.0. The third kappa shape index (κ3) is 2.51. The molecule has 2 aromatic rings. The lowest BCUT2D eigenvalue weighted by atomic mass is 9.96. The number of tetrazole rings is 1. The Morgan fingerprint density at radius 2 is 2.20 bits per heavy atom. The van der Waals surface area contributed by atoms with E-state index in [0.717, 1.165) is 25.3 Å². The van der Waals surface area contributed by atoms with Gasteiger partial charge in [0, 0.05) is 18.3 Å². The van der Waals surface area contributed by atoms with E-state index in [9.17, 15) is 0 Å². The van der Waals surface area contributed by atoms with Crippen molar-refractivity contribution in [1.29, 1.82) is 0 Å². The smallest absolute Gasteiger partial charge is 0.193 e. The van der Waals surface area contributed by atoms with Gasteiger partial charge in [-0.25, -0.2) is 0 Å². The van der Waals surface area contributed by atoms with Crippen molar-refractivity contribution in [3.63, 3.8) is 0 Å². The fourth-order valence-corrected chi connectivity index (χ4v) is 2.81. The molecule has 20 heavy (non-hydrogen) atoms. The molecule has 0 bridgehead atoms. The van der Waals surface area contributed by atoms with Gasteiger partial charge in [-0.15, -0.1) is 10.2 Å². The number of nitrogens with zero attached hydrogens (tertiary/aromatic N) is 5. The maximum Gasteiger partial charge on any atom is 0.193 e. The third-order valence-corrected chi connectivity index (χ3v) is 3.67. The molecular weight excluding hydrogens is 252 g/mol. The molecule has 2 heterocycles. The van der Waals surface area contributed by atoms with Crippen LogP contribution in [0.15, 0.2) is 24.3 Å². The minimum atomic E-state index is 0.447. The highest BCUT2D eigenvalue weighted by molar-refractivity contribution is 5.56. The summed E-state index contributed by atoms with van der Waals surface area (Å²) in [4.78, 5) is 3.84. The van der Waals surface area contributed by atoms with Crippen molar-refractivity contribution in [2.45, 2.75) is 25.9 Å². The van der Waals surface area contributed by atoms with Gasteiger partial charge in [0.25, 0.3) is 0 Å². The molecule has 0 saturated heterocycles. The Bertz CT molecular complexity index is 579. The summed E-state index contributed by atoms with van der Waals surface area (Å²) >= 11 is 0. The van der Waals surface area contributed by atoms with Gasteiger partial charge in [0.15, 0.2) is 5.82 Å². The number of benzene rings is 1. The van der Waals surface area contributed by atoms with E-state index in [-0.39, 0.29) is 0 Å². The summed E-state index contributed by atoms with van der Waals surface area (Å²) in [5, 5.41) is 15.8. The highest BCUT2D eigenvalue weighted by atomic mass is 15.6. The second kappa shape index (κ2) is 5.58. The van der Waals surface area contributed by atoms with Gasteiger partial charge in [0.1, 0.15) is 0 Å². The van der Waals surface area contributed by atoms with Crippen LogP contribution in [0, 0.1) is 0 Å². The van der Waals surface area contributed by atoms with Gasteiger partial charge in [-0.05, 0) is 29.8 Å². The molecule has 0 saturated carbocycles. The fourth-order valence-electron chi connectivity index (χ4n) is 2.81. The van der Waals surface area contributed by atoms with Gasteiger partial charge in [0.05, 0.1) is 13.6 Å². The quantitative estimate of drug-likeness (QED) is 0.908. The van der Waals surface area contributed by atoms with E-state index >= 15 is 0 Å². The maximum absolute atomic E-state index is 4.27. The molecule has 106 valence electrons. The van der Waals surface area contributed by atoms with Crippen LogP contribution in [0.2, 0.25) is 0 Å². The normalized spacial score (nSPS) is 18.1. The number of hydrogen-bond donors (Lipinski definition) is 1. The van der Waals surface area contributed by atoms with Crippen LogP contribution in [0.25, 0.3) is 0 Å². The Morgan fingerprint density at radius 1 is 1.35 bits per heavy atom. The average Bonchev–Trinajstić information content (AvgIpc) is 2.87. The first-order valence-electron chi connectivity index (χ1n) is 7.08. The first-order chi connectivity index (χ1) is 9.78. The van der Waals surface area contributed by atoms with Crippen LogP contribution < -0.4 is 10.2 Å². The minimum Gasteiger partial charge on any atom is -0.363 e. The molecule has 3 rings (SSSR count). The predicted molar refractivity (Wildman–Crippen MR) is 77.3 cm³/mol. The van der Waals surface area contributed by atoms with Crippen molar-refractivity contribution >= 4 is 5.69 Å². The van der Waals surface area contributed by atoms with Gasteiger partial charge >= 0.3 is 0 Å². The van der Waals surface area contributed by atoms with E-state index < -0.39 is 0 Å². The summed E-state index contributed by atoms with van der Waals surface area (Å²) in [5.74, 6) is 0.768. The molecular formula is C14H20N6. The highest BCUT2D eigenvalue weighted by Gasteiger charge is 2.24. The topological polar surface area (TPSA) is 58.9 Å². The number of para-hydroxylation sites is 1. The number of hydrogen-bond acceptors (Lipinski definition) is 5. The van der Waals surface area contributed by atoms with Crippen molar-refractivity contribution in [3.8, 4) is 0 Å². The lowest BCUT2D eigenvalue weighted by molar-refractivity contribution is 0.487. The lowest BCUT2D eigenvalue weighted by Crippen LogP contribution is -2.35. The number of aryl methyl sites for hydroxylation is 1. The Balaban J connectivity index is 1.84. The van der Waals surface area contributed by atoms with Gasteiger partial charge in [-0.2, -0.15) is 4.80 Å². The molecule has 1 N–H and O–H groups in total. The third-order valence-electron chi connectivity index (χ3n) is 3.67. The van der Waals surface area contributed by atoms with Crippen molar-refractivity contribution in [1.82, 2.24) is 25.5 Å². The number of fused-ring (bicyclic) bond motifs is 1. The Labute approximate surface area is 118 Å². The van der Waals surface area contributed by atoms with Crippen LogP contribution in [0.1, 0.15) is 30.8 Å². The van der Waals surface area contributed by atoms with Crippen molar-refractivity contribution in [2.75, 3.05) is 18.0 Å². The lowest BCUT2D eigenvalue weighted by Gasteiger charge is -2.35. The second-order valence-corrected chi connectivity index (χ2v) is 5.07. The number of rotatable bonds is 4. The molecule has 6 heteroatoms. The van der Waals surface area contributed by atoms with Crippen LogP contribution >= 0.6 is 0 Å². The largest absolute Gasteiger partial charge is 0.363 e. The van der Waals surface area contributed by atoms with Gasteiger partial charge in [-0.1, -0.05) is 25.1 Å². The molecule has 1 aromatic carbocycles. The van der Waals surface area contributed by atoms with Gasteiger partial charge in [0.2, 0.25) is 0 Å². The zero-order chi connectivity index (χ0) is 13.9. The van der Waals surface area contributed by atoms with Crippen LogP contribution in [0.4, 0.5) is 5.69 Å². The number of aromatic nitrogens is 4. The van der Waals surface area contributed by atoms with Crippen molar-refractivity contribution in [3.05, 3.63) is 35.7 Å². The summed E-state index contributed by atoms with van der Waals surface area (Å²) in [6.07, 6.45) is 1.10. The maximum atomic E-state index is 4.27. The molecule has 1 aliphatic heterocycles. The molecule has 0 fully saturated rings. The van der Waals surface area contributed by atoms with Crippen LogP contribution in [-0.4, -0.2) is 33.3 Å². The van der Waals surface area contributed by atoms with Crippen LogP contribution in [0.5, 0.6) is 0 Å². The molecule has 1 aromatic heterocycles. The zero-order valence-corrected chi connectivity index (χ0v) is 12.0. The Kier molecular flexibility index (Phi) is 3.64. The minimum absolute atomic E-state index is 0.447. The summed E-state index contributed by atoms with van der Waals surface area (Å²) in [6, 6.07) is 9.02. The van der Waals surface area contributed by atoms with Gasteiger partial charge < -0.3 is 10.2 Å². The van der Waals surface area contributed by atoms with Crippen LogP contribution in [0.3, 0.4) is 0 Å². The van der Waals surface area contributed by atoms with Crippen LogP contribution in [-0.2, 0) is 13.6 Å². The average molecular weight is 272 g/mol. The molecule has 1 unspecified atom stereocenters. The van der Waals surface area contributed by atoms with E-state index in [0.29, 0.717) is 12.6 Å². The Hall–Kier alpha value is -1.95. The summed E-state index contributed by atoms with van der Waals surface area (Å²) in [5.41, 5.74) is 2.64. The van der Waals surface area contributed by atoms with Gasteiger partial charge in [-0.3, -0.25) is 0 Å². The highest BCUT2D eigenvalue weighted by Crippen LogP contribution is 2.33. The van der Waals surface area contributed by atoms with E-state index in [4.69, 9.17) is 0 Å². The van der Waals surface area contributed by atoms with E-state index in [1.807, 2.05) is 0 Å². The van der Waals surface area contributed by atoms with E-state index in [1.54, 1.807) is 7.05 Å². The fraction of sp³-hybridized carbons (Fsp3) is 0.500. The molecule has 6 nitrogen and oxygen atoms in total. The molecule has 0 aliphatic carbocycles. The molecule has 0 radical (unpaired) electrons. The standard InChI is InChI=1S/C14H20N6/c1-3-15-12-8-9-20(10-14-16-18-19(2)17-14)13-7-5-4-6-11(12)13/h4-7,12,15H,3,8-10H2,1-2H3. The van der Waals surface area contributed by atoms with Crippen molar-refractivity contribution < 1.29 is 0 Å². The number of anilines is 1. The number of nitrogens with one attached hydrogen (secondary N) is 1. The predicted octanol–water partition coefficient (Wildman–Crippen LogP) is 1.27. The Morgan fingerprint density at radius 3 is 2.95 bits per heavy atom. The first kappa shape index (κ1) is 13.1. The summed E-state index contributed by atoms with van der Waals surface area (Å²) in [7, 11) is 1.79. The SMILES string of the molecule is CCNC1CCN(Cc2nnn(C)n2)c2ccccc21. The van der Waals surface area contributed by atoms with E-state index in [1.165, 1.54) is 16.0 Å². The molecule has 1 atom stereocenters. The second-order valence-electron chi connectivity index (χ2n) is 5.07. The summed E-state index contributed by atoms with van der Waals surface area (Å²) in [6.45, 7) is 4.86. The van der Waals surface area contributed by atoms with Crippen molar-refractivity contribution in [2.24, 2.45) is 7.05 Å². The summed E-state index contributed by atoms with van der Waals surface area (Å²) < 4.78 is 0. The van der Waals surface area contributed by atoms with E-state index in [2.05, 4.69) is 56.8 Å². The first-order valence-corrected chi connectivity index (χ1v) is 7.08. The molecule has 0 amide bonds. The molecule has 0 spiro atoms. The molecule has 1 aliphatic rings.